The van der Waals surface area contributed by atoms with Gasteiger partial charge in [0.2, 0.25) is 0 Å². The van der Waals surface area contributed by atoms with E-state index in [1.165, 1.54) is 4.57 Å². The normalized spacial score (nSPS) is 15.9. The minimum atomic E-state index is -5.19. The number of benzene rings is 1. The number of carbonyl (C=O) groups is 3. The number of hydrogen-bond acceptors (Lipinski definition) is 10. The van der Waals surface area contributed by atoms with Crippen molar-refractivity contribution in [3.8, 4) is 0 Å². The largest absolute Gasteiger partial charge is 0.542 e. The van der Waals surface area contributed by atoms with E-state index >= 15 is 0 Å². The first-order valence-corrected chi connectivity index (χ1v) is 16.5. The van der Waals surface area contributed by atoms with Crippen LogP contribution in [0.3, 0.4) is 0 Å². The van der Waals surface area contributed by atoms with Gasteiger partial charge in [-0.05, 0) is 49.1 Å². The number of carboxylic acids is 2. The molecule has 2 fully saturated rings. The molecule has 1 unspecified atom stereocenters. The van der Waals surface area contributed by atoms with Crippen LogP contribution in [0.25, 0.3) is 0 Å². The van der Waals surface area contributed by atoms with Crippen LogP contribution in [-0.2, 0) is 32.2 Å². The number of carboxylic acid groups (broad SMARTS) is 2. The Hall–Kier alpha value is -5.19. The summed E-state index contributed by atoms with van der Waals surface area (Å²) in [6.45, 7) is 3.70. The maximum absolute atomic E-state index is 13.4. The zero-order chi connectivity index (χ0) is 36.8. The standard InChI is InChI=1S/C32H40N6O6.C2HF3O2/c39-29(40)18-26(35-32(42)44-22-24-6-2-1-3-7-24)20-38-21-27(25-11-16-43-17-12-25)30(36-31(38)41)37-14-9-23(10-15-37)19-34-28-8-4-5-13-33-28;3-2(4,5)1(6)7/h1-8,13,21,23,25-26H,9-12,14-20,22H2,(H,33,34)(H,35,42)(H,39,40);(H,6,7). The van der Waals surface area contributed by atoms with E-state index in [-0.39, 0.29) is 25.5 Å². The van der Waals surface area contributed by atoms with Crippen LogP contribution in [0.15, 0.2) is 65.7 Å². The molecule has 276 valence electrons. The molecule has 2 aliphatic heterocycles. The lowest BCUT2D eigenvalue weighted by Crippen LogP contribution is -2.43. The summed E-state index contributed by atoms with van der Waals surface area (Å²) in [5.74, 6) is -1.76. The number of aromatic nitrogens is 3. The van der Waals surface area contributed by atoms with E-state index < -0.39 is 35.9 Å². The molecular formula is C34H41F3N6O8. The predicted molar refractivity (Wildman–Crippen MR) is 175 cm³/mol. The minimum absolute atomic E-state index is 0.0423. The molecule has 2 aromatic heterocycles. The predicted octanol–water partition coefficient (Wildman–Crippen LogP) is 2.35. The highest BCUT2D eigenvalue weighted by molar-refractivity contribution is 5.71. The fourth-order valence-corrected chi connectivity index (χ4v) is 5.83. The van der Waals surface area contributed by atoms with Crippen molar-refractivity contribution in [3.05, 3.63) is 82.5 Å². The van der Waals surface area contributed by atoms with Crippen LogP contribution in [0.4, 0.5) is 29.6 Å². The maximum Gasteiger partial charge on any atom is 0.430 e. The van der Waals surface area contributed by atoms with Gasteiger partial charge in [0.1, 0.15) is 18.4 Å². The molecule has 51 heavy (non-hydrogen) atoms. The molecular weight excluding hydrogens is 677 g/mol. The molecule has 0 aliphatic carbocycles. The Labute approximate surface area is 291 Å². The number of nitrogens with zero attached hydrogens (tertiary/aromatic N) is 3. The van der Waals surface area contributed by atoms with E-state index in [0.717, 1.165) is 62.3 Å². The van der Waals surface area contributed by atoms with Crippen LogP contribution in [-0.4, -0.2) is 77.8 Å². The number of anilines is 2. The Kier molecular flexibility index (Phi) is 14.2. The lowest BCUT2D eigenvalue weighted by molar-refractivity contribution is -0.361. The Morgan fingerprint density at radius 1 is 1.06 bits per heavy atom. The quantitative estimate of drug-likeness (QED) is 0.249. The van der Waals surface area contributed by atoms with Crippen LogP contribution in [0, 0.1) is 5.92 Å². The zero-order valence-electron chi connectivity index (χ0n) is 27.8. The summed E-state index contributed by atoms with van der Waals surface area (Å²) >= 11 is 0. The second kappa shape index (κ2) is 18.7. The van der Waals surface area contributed by atoms with Crippen molar-refractivity contribution in [2.45, 2.75) is 63.4 Å². The Balaban J connectivity index is 0.000000755. The average Bonchev–Trinajstić information content (AvgIpc) is 3.11. The van der Waals surface area contributed by atoms with Gasteiger partial charge in [0, 0.05) is 50.7 Å². The molecule has 2 aliphatic rings. The van der Waals surface area contributed by atoms with E-state index in [1.807, 2.05) is 60.9 Å². The van der Waals surface area contributed by atoms with Crippen LogP contribution in [0.2, 0.25) is 0 Å². The molecule has 0 spiro atoms. The number of rotatable bonds is 12. The van der Waals surface area contributed by atoms with Gasteiger partial charge in [-0.15, -0.1) is 0 Å². The molecule has 3 aromatic rings. The third-order valence-corrected chi connectivity index (χ3v) is 8.47. The second-order valence-corrected chi connectivity index (χ2v) is 12.2. The Bertz CT molecular complexity index is 1630. The number of ether oxygens (including phenoxy) is 2. The molecule has 1 aromatic carbocycles. The summed E-state index contributed by atoms with van der Waals surface area (Å²) in [6, 6.07) is 14.3. The highest BCUT2D eigenvalue weighted by Gasteiger charge is 2.30. The van der Waals surface area contributed by atoms with E-state index in [9.17, 15) is 32.7 Å². The topological polar surface area (TPSA) is 189 Å². The SMILES string of the molecule is O=C(O)CC(Cn1cc(C2CCOCC2)c(N2CCC(CNc3cccc[nH+]3)CC2)nc1=O)NC(=O)OCc1ccccc1.O=C([O-])C(F)(F)F. The fourth-order valence-electron chi connectivity index (χ4n) is 5.83. The van der Waals surface area contributed by atoms with Crippen molar-refractivity contribution in [3.63, 3.8) is 0 Å². The number of aromatic amines is 1. The van der Waals surface area contributed by atoms with Crippen LogP contribution < -0.4 is 31.3 Å². The lowest BCUT2D eigenvalue weighted by Gasteiger charge is -2.35. The third kappa shape index (κ3) is 12.6. The molecule has 4 N–H and O–H groups in total. The zero-order valence-corrected chi connectivity index (χ0v) is 27.8. The van der Waals surface area contributed by atoms with Crippen molar-refractivity contribution >= 4 is 29.7 Å². The van der Waals surface area contributed by atoms with Gasteiger partial charge in [0.25, 0.3) is 5.82 Å². The Morgan fingerprint density at radius 2 is 1.73 bits per heavy atom. The fraction of sp³-hybridized carbons (Fsp3) is 0.471. The number of carbonyl (C=O) groups excluding carboxylic acids is 2. The van der Waals surface area contributed by atoms with E-state index in [0.29, 0.717) is 24.9 Å². The monoisotopic (exact) mass is 718 g/mol. The maximum atomic E-state index is 13.4. The van der Waals surface area contributed by atoms with E-state index in [2.05, 4.69) is 25.5 Å². The molecule has 17 heteroatoms. The summed E-state index contributed by atoms with van der Waals surface area (Å²) in [4.78, 5) is 56.3. The second-order valence-electron chi connectivity index (χ2n) is 12.2. The first-order valence-electron chi connectivity index (χ1n) is 16.5. The van der Waals surface area contributed by atoms with Gasteiger partial charge in [-0.3, -0.25) is 14.7 Å². The number of alkyl halides is 3. The average molecular weight is 719 g/mol. The third-order valence-electron chi connectivity index (χ3n) is 8.47. The highest BCUT2D eigenvalue weighted by atomic mass is 19.4. The number of halogens is 3. The van der Waals surface area contributed by atoms with Crippen LogP contribution in [0.1, 0.15) is 49.1 Å². The smallest absolute Gasteiger partial charge is 0.430 e. The van der Waals surface area contributed by atoms with Gasteiger partial charge in [0.05, 0.1) is 25.2 Å². The number of hydrogen-bond donors (Lipinski definition) is 3. The van der Waals surface area contributed by atoms with Crippen LogP contribution >= 0.6 is 0 Å². The number of piperidine rings is 1. The number of amides is 1. The number of pyridine rings is 1. The molecule has 0 bridgehead atoms. The van der Waals surface area contributed by atoms with Crippen molar-refractivity contribution in [2.75, 3.05) is 43.1 Å². The van der Waals surface area contributed by atoms with E-state index in [4.69, 9.17) is 19.4 Å². The summed E-state index contributed by atoms with van der Waals surface area (Å²) < 4.78 is 43.9. The first-order chi connectivity index (χ1) is 24.4. The number of alkyl carbamates (subject to hydrolysis) is 1. The minimum Gasteiger partial charge on any atom is -0.542 e. The molecule has 1 atom stereocenters. The van der Waals surface area contributed by atoms with Crippen molar-refractivity contribution in [1.29, 1.82) is 0 Å². The lowest BCUT2D eigenvalue weighted by atomic mass is 9.91. The van der Waals surface area contributed by atoms with Gasteiger partial charge in [-0.1, -0.05) is 36.4 Å². The molecule has 2 saturated heterocycles. The summed E-state index contributed by atoms with van der Waals surface area (Å²) in [6.07, 6.45) is 0.946. The molecule has 14 nitrogen and oxygen atoms in total. The van der Waals surface area contributed by atoms with Gasteiger partial charge >= 0.3 is 23.9 Å². The summed E-state index contributed by atoms with van der Waals surface area (Å²) in [7, 11) is 0. The Morgan fingerprint density at radius 3 is 2.33 bits per heavy atom. The van der Waals surface area contributed by atoms with Gasteiger partial charge in [-0.25, -0.2) is 14.6 Å². The molecule has 0 radical (unpaired) electrons. The molecule has 0 saturated carbocycles. The number of H-pyrrole nitrogens is 1. The van der Waals surface area contributed by atoms with Crippen LogP contribution in [0.5, 0.6) is 0 Å². The number of aliphatic carboxylic acids is 2. The van der Waals surface area contributed by atoms with Crippen molar-refractivity contribution in [1.82, 2.24) is 14.9 Å². The summed E-state index contributed by atoms with van der Waals surface area (Å²) in [5, 5.41) is 24.4. The molecule has 5 rings (SSSR count). The molecule has 1 amide bonds. The van der Waals surface area contributed by atoms with Gasteiger partial charge in [-0.2, -0.15) is 18.2 Å². The number of nitrogens with one attached hydrogen (secondary N) is 3. The van der Waals surface area contributed by atoms with Gasteiger partial charge in [0.15, 0.2) is 0 Å². The van der Waals surface area contributed by atoms with Crippen molar-refractivity contribution < 1.29 is 52.2 Å². The highest BCUT2D eigenvalue weighted by Crippen LogP contribution is 2.34. The van der Waals surface area contributed by atoms with Crippen molar-refractivity contribution in [2.24, 2.45) is 5.92 Å². The summed E-state index contributed by atoms with van der Waals surface area (Å²) in [5.41, 5.74) is 1.29. The van der Waals surface area contributed by atoms with E-state index in [1.54, 1.807) is 0 Å². The molecule has 4 heterocycles. The van der Waals surface area contributed by atoms with Gasteiger partial charge < -0.3 is 34.7 Å². The first kappa shape index (κ1) is 38.6.